The van der Waals surface area contributed by atoms with Gasteiger partial charge in [-0.2, -0.15) is 0 Å². The van der Waals surface area contributed by atoms with Crippen molar-refractivity contribution in [1.82, 2.24) is 9.62 Å². The Labute approximate surface area is 93.4 Å². The molecule has 0 aliphatic carbocycles. The Bertz CT molecular complexity index is 395. The summed E-state index contributed by atoms with van der Waals surface area (Å²) >= 11 is 0. The van der Waals surface area contributed by atoms with Gasteiger partial charge in [0.2, 0.25) is 10.0 Å². The molecule has 2 fully saturated rings. The molecule has 2 aliphatic heterocycles. The molecule has 16 heavy (non-hydrogen) atoms. The zero-order valence-corrected chi connectivity index (χ0v) is 9.61. The molecule has 2 rings (SSSR count). The minimum atomic E-state index is -3.32. The van der Waals surface area contributed by atoms with Crippen molar-refractivity contribution in [3.63, 3.8) is 0 Å². The standard InChI is InChI=1S/C8H14N2O5S/c1-16(13,14)9-6-2-10(8(11)12)7-4-15-3-5(6)7/h5-7,9H,2-4H2,1H3,(H,11,12). The van der Waals surface area contributed by atoms with Crippen LogP contribution in [0.3, 0.4) is 0 Å². The third kappa shape index (κ3) is 2.13. The highest BCUT2D eigenvalue weighted by atomic mass is 32.2. The molecule has 2 saturated heterocycles. The highest BCUT2D eigenvalue weighted by Gasteiger charge is 2.48. The Morgan fingerprint density at radius 1 is 1.50 bits per heavy atom. The van der Waals surface area contributed by atoms with Gasteiger partial charge in [0.05, 0.1) is 25.5 Å². The van der Waals surface area contributed by atoms with Crippen LogP contribution in [0.15, 0.2) is 0 Å². The van der Waals surface area contributed by atoms with Crippen molar-refractivity contribution < 1.29 is 23.1 Å². The number of nitrogens with one attached hydrogen (secondary N) is 1. The number of likely N-dealkylation sites (tertiary alicyclic amines) is 1. The van der Waals surface area contributed by atoms with Crippen molar-refractivity contribution in [2.75, 3.05) is 26.0 Å². The normalized spacial score (nSPS) is 34.1. The summed E-state index contributed by atoms with van der Waals surface area (Å²) in [5.74, 6) is -0.0779. The van der Waals surface area contributed by atoms with Gasteiger partial charge in [-0.25, -0.2) is 17.9 Å². The van der Waals surface area contributed by atoms with Crippen LogP contribution in [-0.2, 0) is 14.8 Å². The number of hydrogen-bond donors (Lipinski definition) is 2. The SMILES string of the molecule is CS(=O)(=O)NC1CN(C(=O)O)C2COCC12. The van der Waals surface area contributed by atoms with Crippen LogP contribution in [0.4, 0.5) is 4.79 Å². The Morgan fingerprint density at radius 2 is 2.19 bits per heavy atom. The summed E-state index contributed by atoms with van der Waals surface area (Å²) < 4.78 is 29.9. The van der Waals surface area contributed by atoms with Gasteiger partial charge in [0.25, 0.3) is 0 Å². The van der Waals surface area contributed by atoms with E-state index in [-0.39, 0.29) is 24.5 Å². The lowest BCUT2D eigenvalue weighted by atomic mass is 10.0. The lowest BCUT2D eigenvalue weighted by molar-refractivity contribution is 0.118. The summed E-state index contributed by atoms with van der Waals surface area (Å²) in [6, 6.07) is -0.602. The highest BCUT2D eigenvalue weighted by molar-refractivity contribution is 7.88. The van der Waals surface area contributed by atoms with Crippen molar-refractivity contribution >= 4 is 16.1 Å². The van der Waals surface area contributed by atoms with Crippen molar-refractivity contribution in [3.05, 3.63) is 0 Å². The molecule has 3 atom stereocenters. The van der Waals surface area contributed by atoms with E-state index in [1.54, 1.807) is 0 Å². The summed E-state index contributed by atoms with van der Waals surface area (Å²) in [6.45, 7) is 0.946. The Kier molecular flexibility index (Phi) is 2.81. The first-order valence-corrected chi connectivity index (χ1v) is 6.82. The minimum Gasteiger partial charge on any atom is -0.465 e. The molecule has 0 aromatic rings. The van der Waals surface area contributed by atoms with Crippen molar-refractivity contribution in [2.45, 2.75) is 12.1 Å². The van der Waals surface area contributed by atoms with Crippen molar-refractivity contribution in [3.8, 4) is 0 Å². The van der Waals surface area contributed by atoms with E-state index in [1.807, 2.05) is 0 Å². The first-order valence-electron chi connectivity index (χ1n) is 4.93. The molecule has 1 amide bonds. The molecule has 2 heterocycles. The van der Waals surface area contributed by atoms with Gasteiger partial charge in [0.15, 0.2) is 0 Å². The monoisotopic (exact) mass is 250 g/mol. The number of ether oxygens (including phenoxy) is 1. The molecule has 0 aromatic carbocycles. The Hall–Kier alpha value is -0.860. The van der Waals surface area contributed by atoms with Crippen LogP contribution in [0.25, 0.3) is 0 Å². The number of fused-ring (bicyclic) bond motifs is 1. The fourth-order valence-corrected chi connectivity index (χ4v) is 3.17. The minimum absolute atomic E-state index is 0.0779. The quantitative estimate of drug-likeness (QED) is 0.649. The van der Waals surface area contributed by atoms with Gasteiger partial charge in [0, 0.05) is 18.5 Å². The van der Waals surface area contributed by atoms with Crippen LogP contribution in [0.5, 0.6) is 0 Å². The van der Waals surface area contributed by atoms with Gasteiger partial charge in [-0.1, -0.05) is 0 Å². The molecule has 92 valence electrons. The van der Waals surface area contributed by atoms with E-state index in [9.17, 15) is 13.2 Å². The summed E-state index contributed by atoms with van der Waals surface area (Å²) in [4.78, 5) is 12.2. The fourth-order valence-electron chi connectivity index (χ4n) is 2.37. The van der Waals surface area contributed by atoms with E-state index in [1.165, 1.54) is 4.90 Å². The van der Waals surface area contributed by atoms with E-state index in [0.29, 0.717) is 13.2 Å². The van der Waals surface area contributed by atoms with E-state index in [0.717, 1.165) is 6.26 Å². The van der Waals surface area contributed by atoms with Gasteiger partial charge in [-0.15, -0.1) is 0 Å². The first-order chi connectivity index (χ1) is 7.38. The number of carbonyl (C=O) groups is 1. The van der Waals surface area contributed by atoms with Crippen LogP contribution in [0.2, 0.25) is 0 Å². The lowest BCUT2D eigenvalue weighted by Gasteiger charge is -2.18. The molecule has 0 saturated carbocycles. The van der Waals surface area contributed by atoms with Crippen molar-refractivity contribution in [1.29, 1.82) is 0 Å². The number of nitrogens with zero attached hydrogens (tertiary/aromatic N) is 1. The fraction of sp³-hybridized carbons (Fsp3) is 0.875. The first kappa shape index (κ1) is 11.6. The second-order valence-electron chi connectivity index (χ2n) is 4.20. The highest BCUT2D eigenvalue weighted by Crippen LogP contribution is 2.30. The average molecular weight is 250 g/mol. The van der Waals surface area contributed by atoms with Gasteiger partial charge in [-0.3, -0.25) is 0 Å². The average Bonchev–Trinajstić information content (AvgIpc) is 2.65. The number of hydrogen-bond acceptors (Lipinski definition) is 4. The van der Waals surface area contributed by atoms with Gasteiger partial charge in [0.1, 0.15) is 0 Å². The summed E-state index contributed by atoms with van der Waals surface area (Å²) in [7, 11) is -3.32. The van der Waals surface area contributed by atoms with E-state index in [4.69, 9.17) is 9.84 Å². The van der Waals surface area contributed by atoms with Gasteiger partial charge < -0.3 is 14.7 Å². The zero-order valence-electron chi connectivity index (χ0n) is 8.79. The third-order valence-corrected chi connectivity index (χ3v) is 3.75. The van der Waals surface area contributed by atoms with Crippen LogP contribution in [-0.4, -0.2) is 62.6 Å². The maximum Gasteiger partial charge on any atom is 0.407 e. The maximum atomic E-state index is 11.1. The van der Waals surface area contributed by atoms with E-state index < -0.39 is 16.1 Å². The van der Waals surface area contributed by atoms with E-state index >= 15 is 0 Å². The molecule has 2 N–H and O–H groups in total. The number of carboxylic acid groups (broad SMARTS) is 1. The summed E-state index contributed by atoms with van der Waals surface area (Å²) in [6.07, 6.45) is 0.0413. The topological polar surface area (TPSA) is 95.9 Å². The number of amides is 1. The smallest absolute Gasteiger partial charge is 0.407 e. The molecule has 0 radical (unpaired) electrons. The molecule has 0 bridgehead atoms. The lowest BCUT2D eigenvalue weighted by Crippen LogP contribution is -2.41. The molecule has 3 unspecified atom stereocenters. The molecule has 2 aliphatic rings. The predicted molar refractivity (Wildman–Crippen MR) is 54.6 cm³/mol. The molecular weight excluding hydrogens is 236 g/mol. The second-order valence-corrected chi connectivity index (χ2v) is 5.98. The van der Waals surface area contributed by atoms with Crippen LogP contribution < -0.4 is 4.72 Å². The van der Waals surface area contributed by atoms with E-state index in [2.05, 4.69) is 4.72 Å². The third-order valence-electron chi connectivity index (χ3n) is 3.01. The zero-order chi connectivity index (χ0) is 11.9. The summed E-state index contributed by atoms with van der Waals surface area (Å²) in [5, 5.41) is 8.97. The Balaban J connectivity index is 2.14. The second kappa shape index (κ2) is 3.86. The van der Waals surface area contributed by atoms with Gasteiger partial charge in [-0.05, 0) is 0 Å². The van der Waals surface area contributed by atoms with Crippen molar-refractivity contribution in [2.24, 2.45) is 5.92 Å². The largest absolute Gasteiger partial charge is 0.465 e. The molecule has 7 nitrogen and oxygen atoms in total. The molecule has 0 aromatic heterocycles. The molecular formula is C8H14N2O5S. The molecule has 8 heteroatoms. The number of rotatable bonds is 2. The molecule has 0 spiro atoms. The van der Waals surface area contributed by atoms with Crippen LogP contribution in [0.1, 0.15) is 0 Å². The summed E-state index contributed by atoms with van der Waals surface area (Å²) in [5.41, 5.74) is 0. The Morgan fingerprint density at radius 3 is 2.75 bits per heavy atom. The van der Waals surface area contributed by atoms with Crippen LogP contribution in [0, 0.1) is 5.92 Å². The van der Waals surface area contributed by atoms with Crippen LogP contribution >= 0.6 is 0 Å². The predicted octanol–water partition coefficient (Wildman–Crippen LogP) is -1.09. The maximum absolute atomic E-state index is 11.1. The van der Waals surface area contributed by atoms with Gasteiger partial charge >= 0.3 is 6.09 Å². The number of sulfonamides is 1.